The van der Waals surface area contributed by atoms with Crippen LogP contribution in [-0.2, 0) is 6.42 Å². The van der Waals surface area contributed by atoms with E-state index in [4.69, 9.17) is 14.1 Å². The largest absolute Gasteiger partial charge is 0.497 e. The first kappa shape index (κ1) is 18.6. The molecule has 3 aromatic heterocycles. The summed E-state index contributed by atoms with van der Waals surface area (Å²) in [6.45, 7) is 3.74. The molecule has 0 saturated carbocycles. The van der Waals surface area contributed by atoms with Gasteiger partial charge < -0.3 is 14.1 Å². The van der Waals surface area contributed by atoms with E-state index in [-0.39, 0.29) is 0 Å². The van der Waals surface area contributed by atoms with Gasteiger partial charge in [0.05, 0.1) is 19.0 Å². The van der Waals surface area contributed by atoms with Gasteiger partial charge in [0.25, 0.3) is 6.01 Å². The van der Waals surface area contributed by atoms with E-state index in [0.29, 0.717) is 11.9 Å². The Morgan fingerprint density at radius 1 is 1.23 bits per heavy atom. The van der Waals surface area contributed by atoms with Crippen LogP contribution >= 0.6 is 0 Å². The summed E-state index contributed by atoms with van der Waals surface area (Å²) in [5.74, 6) is 2.97. The Bertz CT molecular complexity index is 1150. The number of oxazole rings is 1. The van der Waals surface area contributed by atoms with Crippen LogP contribution < -0.4 is 9.64 Å². The van der Waals surface area contributed by atoms with Crippen molar-refractivity contribution < 1.29 is 9.15 Å². The molecule has 0 aliphatic carbocycles. The number of piperidine rings is 1. The molecule has 0 N–H and O–H groups in total. The van der Waals surface area contributed by atoms with Crippen LogP contribution in [0.1, 0.15) is 24.5 Å². The van der Waals surface area contributed by atoms with Gasteiger partial charge in [0.1, 0.15) is 22.9 Å². The molecule has 1 aromatic carbocycles. The van der Waals surface area contributed by atoms with Crippen molar-refractivity contribution in [1.29, 1.82) is 0 Å². The summed E-state index contributed by atoms with van der Waals surface area (Å²) in [4.78, 5) is 15.8. The second kappa shape index (κ2) is 7.78. The van der Waals surface area contributed by atoms with Gasteiger partial charge in [-0.05, 0) is 49.9 Å². The van der Waals surface area contributed by atoms with Crippen molar-refractivity contribution in [2.75, 3.05) is 25.1 Å². The number of hydrogen-bond acceptors (Lipinski definition) is 7. The molecule has 1 aliphatic heterocycles. The van der Waals surface area contributed by atoms with Crippen molar-refractivity contribution in [1.82, 2.24) is 24.7 Å². The standard InChI is InChI=1S/C22H24N6O2/c1-15-24-21(28(26-15)17-6-3-9-23-13-17)11-16-5-4-10-27(14-16)22-25-19-12-18(29-2)7-8-20(19)30-22/h3,6-9,12-13,16H,4-5,10-11,14H2,1-2H3. The van der Waals surface area contributed by atoms with E-state index in [1.165, 1.54) is 0 Å². The Hall–Kier alpha value is -3.42. The maximum absolute atomic E-state index is 6.02. The van der Waals surface area contributed by atoms with E-state index in [2.05, 4.69) is 20.0 Å². The third-order valence-electron chi connectivity index (χ3n) is 5.51. The predicted molar refractivity (Wildman–Crippen MR) is 113 cm³/mol. The molecule has 0 bridgehead atoms. The third-order valence-corrected chi connectivity index (χ3v) is 5.51. The van der Waals surface area contributed by atoms with Gasteiger partial charge in [-0.2, -0.15) is 10.1 Å². The number of anilines is 1. The zero-order valence-corrected chi connectivity index (χ0v) is 17.2. The molecular weight excluding hydrogens is 380 g/mol. The molecule has 8 nitrogen and oxygen atoms in total. The number of aromatic nitrogens is 5. The number of nitrogens with zero attached hydrogens (tertiary/aromatic N) is 6. The molecule has 1 fully saturated rings. The normalized spacial score (nSPS) is 16.9. The fourth-order valence-corrected chi connectivity index (χ4v) is 4.10. The molecule has 1 saturated heterocycles. The Kier molecular flexibility index (Phi) is 4.82. The van der Waals surface area contributed by atoms with Crippen LogP contribution in [0.3, 0.4) is 0 Å². The number of ether oxygens (including phenoxy) is 1. The van der Waals surface area contributed by atoms with Crippen LogP contribution in [0.2, 0.25) is 0 Å². The van der Waals surface area contributed by atoms with E-state index in [0.717, 1.165) is 66.5 Å². The summed E-state index contributed by atoms with van der Waals surface area (Å²) in [5, 5.41) is 4.58. The highest BCUT2D eigenvalue weighted by Crippen LogP contribution is 2.29. The Morgan fingerprint density at radius 2 is 2.17 bits per heavy atom. The van der Waals surface area contributed by atoms with Crippen LogP contribution in [0.4, 0.5) is 6.01 Å². The molecule has 0 amide bonds. The molecule has 0 spiro atoms. The molecule has 5 rings (SSSR count). The van der Waals surface area contributed by atoms with Crippen molar-refractivity contribution in [2.45, 2.75) is 26.2 Å². The van der Waals surface area contributed by atoms with E-state index in [9.17, 15) is 0 Å². The number of hydrogen-bond donors (Lipinski definition) is 0. The van der Waals surface area contributed by atoms with Gasteiger partial charge in [-0.1, -0.05) is 0 Å². The van der Waals surface area contributed by atoms with Crippen LogP contribution in [-0.4, -0.2) is 44.9 Å². The minimum absolute atomic E-state index is 0.447. The molecule has 1 unspecified atom stereocenters. The lowest BCUT2D eigenvalue weighted by Crippen LogP contribution is -2.36. The first-order valence-corrected chi connectivity index (χ1v) is 10.2. The lowest BCUT2D eigenvalue weighted by molar-refractivity contribution is 0.386. The molecule has 4 aromatic rings. The highest BCUT2D eigenvalue weighted by Gasteiger charge is 2.26. The third kappa shape index (κ3) is 3.60. The minimum Gasteiger partial charge on any atom is -0.497 e. The van der Waals surface area contributed by atoms with Gasteiger partial charge in [-0.25, -0.2) is 9.67 Å². The molecule has 1 atom stereocenters. The first-order chi connectivity index (χ1) is 14.7. The average Bonchev–Trinajstić information content (AvgIpc) is 3.37. The maximum atomic E-state index is 6.02. The van der Waals surface area contributed by atoms with E-state index in [1.807, 2.05) is 48.1 Å². The Morgan fingerprint density at radius 3 is 3.00 bits per heavy atom. The number of rotatable bonds is 5. The van der Waals surface area contributed by atoms with Gasteiger partial charge in [0.15, 0.2) is 5.58 Å². The fraction of sp³-hybridized carbons (Fsp3) is 0.364. The predicted octanol–water partition coefficient (Wildman–Crippen LogP) is 3.58. The lowest BCUT2D eigenvalue weighted by Gasteiger charge is -2.31. The summed E-state index contributed by atoms with van der Waals surface area (Å²) in [5.41, 5.74) is 2.53. The monoisotopic (exact) mass is 404 g/mol. The van der Waals surface area contributed by atoms with Crippen LogP contribution in [0.5, 0.6) is 5.75 Å². The summed E-state index contributed by atoms with van der Waals surface area (Å²) in [7, 11) is 1.66. The number of aryl methyl sites for hydroxylation is 1. The molecule has 30 heavy (non-hydrogen) atoms. The molecule has 8 heteroatoms. The van der Waals surface area contributed by atoms with Gasteiger partial charge in [-0.3, -0.25) is 4.98 Å². The topological polar surface area (TPSA) is 82.1 Å². The number of fused-ring (bicyclic) bond motifs is 1. The highest BCUT2D eigenvalue weighted by molar-refractivity contribution is 5.76. The van der Waals surface area contributed by atoms with Crippen LogP contribution in [0, 0.1) is 12.8 Å². The Balaban J connectivity index is 1.35. The van der Waals surface area contributed by atoms with Crippen LogP contribution in [0.25, 0.3) is 16.8 Å². The number of methoxy groups -OCH3 is 1. The van der Waals surface area contributed by atoms with Crippen molar-refractivity contribution >= 4 is 17.1 Å². The average molecular weight is 404 g/mol. The molecule has 4 heterocycles. The summed E-state index contributed by atoms with van der Waals surface area (Å²) in [6.07, 6.45) is 6.66. The maximum Gasteiger partial charge on any atom is 0.298 e. The summed E-state index contributed by atoms with van der Waals surface area (Å²) in [6, 6.07) is 10.3. The van der Waals surface area contributed by atoms with Crippen molar-refractivity contribution in [3.63, 3.8) is 0 Å². The van der Waals surface area contributed by atoms with Crippen molar-refractivity contribution in [3.05, 3.63) is 54.4 Å². The van der Waals surface area contributed by atoms with Gasteiger partial charge in [0, 0.05) is 31.8 Å². The van der Waals surface area contributed by atoms with Crippen molar-refractivity contribution in [2.24, 2.45) is 5.92 Å². The quantitative estimate of drug-likeness (QED) is 0.503. The number of pyridine rings is 1. The summed E-state index contributed by atoms with van der Waals surface area (Å²) >= 11 is 0. The molecule has 1 aliphatic rings. The first-order valence-electron chi connectivity index (χ1n) is 10.2. The SMILES string of the molecule is COc1ccc2oc(N3CCCC(Cc4nc(C)nn4-c4cccnc4)C3)nc2c1. The van der Waals surface area contributed by atoms with Gasteiger partial charge >= 0.3 is 0 Å². The summed E-state index contributed by atoms with van der Waals surface area (Å²) < 4.78 is 13.2. The zero-order valence-electron chi connectivity index (χ0n) is 17.2. The highest BCUT2D eigenvalue weighted by atomic mass is 16.5. The fourth-order valence-electron chi connectivity index (χ4n) is 4.10. The van der Waals surface area contributed by atoms with E-state index >= 15 is 0 Å². The smallest absolute Gasteiger partial charge is 0.298 e. The Labute approximate surface area is 174 Å². The second-order valence-corrected chi connectivity index (χ2v) is 7.69. The number of benzene rings is 1. The van der Waals surface area contributed by atoms with Crippen molar-refractivity contribution in [3.8, 4) is 11.4 Å². The molecule has 0 radical (unpaired) electrons. The molecule has 154 valence electrons. The lowest BCUT2D eigenvalue weighted by atomic mass is 9.94. The second-order valence-electron chi connectivity index (χ2n) is 7.69. The van der Waals surface area contributed by atoms with Gasteiger partial charge in [-0.15, -0.1) is 0 Å². The minimum atomic E-state index is 0.447. The van der Waals surface area contributed by atoms with E-state index in [1.54, 1.807) is 13.3 Å². The van der Waals surface area contributed by atoms with E-state index < -0.39 is 0 Å². The van der Waals surface area contributed by atoms with Gasteiger partial charge in [0.2, 0.25) is 0 Å². The molecular formula is C22H24N6O2. The zero-order chi connectivity index (χ0) is 20.5. The van der Waals surface area contributed by atoms with Crippen LogP contribution in [0.15, 0.2) is 47.1 Å².